The van der Waals surface area contributed by atoms with Crippen molar-refractivity contribution in [1.82, 2.24) is 0 Å². The molecule has 2 rings (SSSR count). The van der Waals surface area contributed by atoms with E-state index in [9.17, 15) is 0 Å². The molecule has 19 heavy (non-hydrogen) atoms. The minimum Gasteiger partial charge on any atom is -0.549 e. The van der Waals surface area contributed by atoms with Crippen LogP contribution in [0.4, 0.5) is 0 Å². The van der Waals surface area contributed by atoms with E-state index in [1.54, 1.807) is 0 Å². The fraction of sp³-hybridized carbons (Fsp3) is 0.375. The fourth-order valence-corrected chi connectivity index (χ4v) is 1.41. The summed E-state index contributed by atoms with van der Waals surface area (Å²) in [6.45, 7) is 8.08. The van der Waals surface area contributed by atoms with Gasteiger partial charge in [0.15, 0.2) is 0 Å². The van der Waals surface area contributed by atoms with Gasteiger partial charge in [0.1, 0.15) is 0 Å². The molecule has 0 heterocycles. The molecule has 0 aliphatic heterocycles. The van der Waals surface area contributed by atoms with Crippen LogP contribution in [0.3, 0.4) is 0 Å². The maximum Gasteiger partial charge on any atom is 2.00 e. The van der Waals surface area contributed by atoms with Gasteiger partial charge in [-0.1, -0.05) is 0 Å². The van der Waals surface area contributed by atoms with Crippen LogP contribution in [0.1, 0.15) is 27.7 Å². The van der Waals surface area contributed by atoms with Gasteiger partial charge in [-0.3, -0.25) is 0 Å². The largest absolute Gasteiger partial charge is 2.00 e. The predicted molar refractivity (Wildman–Crippen MR) is 75.6 cm³/mol. The number of hydrogen-bond donors (Lipinski definition) is 0. The van der Waals surface area contributed by atoms with E-state index >= 15 is 0 Å². The van der Waals surface area contributed by atoms with E-state index in [4.69, 9.17) is 9.47 Å². The summed E-state index contributed by atoms with van der Waals surface area (Å²) in [7, 11) is 0. The smallest absolute Gasteiger partial charge is 0.549 e. The molecule has 0 aromatic heterocycles. The molecule has 2 nitrogen and oxygen atoms in total. The topological polar surface area (TPSA) is 18.5 Å². The Morgan fingerprint density at radius 3 is 1.11 bits per heavy atom. The Kier molecular flexibility index (Phi) is 9.60. The van der Waals surface area contributed by atoms with E-state index in [-0.39, 0.29) is 38.4 Å². The minimum absolute atomic E-state index is 0. The van der Waals surface area contributed by atoms with E-state index < -0.39 is 0 Å². The van der Waals surface area contributed by atoms with Gasteiger partial charge in [-0.05, 0) is 27.7 Å². The van der Waals surface area contributed by atoms with E-state index in [0.717, 1.165) is 11.5 Å². The van der Waals surface area contributed by atoms with Crippen LogP contribution in [0.5, 0.6) is 11.5 Å². The first kappa shape index (κ1) is 18.2. The first-order chi connectivity index (χ1) is 8.58. The Labute approximate surface area is 135 Å². The van der Waals surface area contributed by atoms with E-state index in [1.165, 1.54) is 0 Å². The van der Waals surface area contributed by atoms with Crippen molar-refractivity contribution in [3.63, 3.8) is 0 Å². The number of hydrogen-bond acceptors (Lipinski definition) is 2. The van der Waals surface area contributed by atoms with Gasteiger partial charge in [0, 0.05) is 11.5 Å². The molecule has 0 amide bonds. The predicted octanol–water partition coefficient (Wildman–Crippen LogP) is 4.38. The van der Waals surface area contributed by atoms with Gasteiger partial charge in [-0.25, -0.2) is 24.3 Å². The molecule has 3 heteroatoms. The Balaban J connectivity index is 0.000000324. The summed E-state index contributed by atoms with van der Waals surface area (Å²) in [6.07, 6.45) is 0.569. The second-order valence-corrected chi connectivity index (χ2v) is 4.57. The second kappa shape index (κ2) is 10.0. The van der Waals surface area contributed by atoms with Gasteiger partial charge in [-0.2, -0.15) is 0 Å². The van der Waals surface area contributed by atoms with Crippen LogP contribution < -0.4 is 9.47 Å². The molecule has 0 atom stereocenters. The molecule has 0 aliphatic carbocycles. The maximum atomic E-state index is 5.35. The molecule has 0 saturated carbocycles. The Morgan fingerprint density at radius 2 is 0.895 bits per heavy atom. The molecule has 0 aliphatic rings. The summed E-state index contributed by atoms with van der Waals surface area (Å²) in [5, 5.41) is 0. The SMILES string of the molecule is CC(C)O[c-]1cccc1.CC(C)O[c-]1cccc1.[Zr+2]. The van der Waals surface area contributed by atoms with Gasteiger partial charge >= 0.3 is 26.2 Å². The average molecular weight is 338 g/mol. The molecule has 2 aromatic rings. The van der Waals surface area contributed by atoms with Crippen molar-refractivity contribution in [3.05, 3.63) is 48.5 Å². The normalized spacial score (nSPS) is 9.58. The summed E-state index contributed by atoms with van der Waals surface area (Å²) in [5.41, 5.74) is 0. The van der Waals surface area contributed by atoms with Crippen molar-refractivity contribution in [2.75, 3.05) is 0 Å². The number of ether oxygens (including phenoxy) is 2. The minimum atomic E-state index is 0. The van der Waals surface area contributed by atoms with Crippen LogP contribution in [0.25, 0.3) is 0 Å². The molecule has 0 bridgehead atoms. The van der Waals surface area contributed by atoms with Crippen LogP contribution in [0.15, 0.2) is 48.5 Å². The van der Waals surface area contributed by atoms with Gasteiger partial charge in [0.05, 0.1) is 12.2 Å². The first-order valence-electron chi connectivity index (χ1n) is 6.34. The fourth-order valence-electron chi connectivity index (χ4n) is 1.41. The van der Waals surface area contributed by atoms with Gasteiger partial charge in [0.2, 0.25) is 0 Å². The van der Waals surface area contributed by atoms with E-state index in [2.05, 4.69) is 0 Å². The van der Waals surface area contributed by atoms with Gasteiger partial charge < -0.3 is 9.47 Å². The quantitative estimate of drug-likeness (QED) is 0.771. The molecular formula is C16H22O2Zr. The molecule has 0 unspecified atom stereocenters. The van der Waals surface area contributed by atoms with Crippen LogP contribution in [0.2, 0.25) is 0 Å². The van der Waals surface area contributed by atoms with Crippen LogP contribution in [-0.4, -0.2) is 12.2 Å². The average Bonchev–Trinajstić information content (AvgIpc) is 2.90. The molecule has 0 saturated heterocycles. The van der Waals surface area contributed by atoms with Gasteiger partial charge in [-0.15, -0.1) is 24.3 Å². The summed E-state index contributed by atoms with van der Waals surface area (Å²) in [4.78, 5) is 0. The monoisotopic (exact) mass is 336 g/mol. The summed E-state index contributed by atoms with van der Waals surface area (Å²) in [6, 6.07) is 15.7. The summed E-state index contributed by atoms with van der Waals surface area (Å²) in [5.74, 6) is 1.93. The molecular weight excluding hydrogens is 315 g/mol. The van der Waals surface area contributed by atoms with Crippen molar-refractivity contribution < 1.29 is 35.7 Å². The van der Waals surface area contributed by atoms with E-state index in [0.29, 0.717) is 0 Å². The maximum absolute atomic E-state index is 5.35. The zero-order valence-corrected chi connectivity index (χ0v) is 14.5. The third kappa shape index (κ3) is 8.83. The van der Waals surface area contributed by atoms with Crippen molar-refractivity contribution in [3.8, 4) is 11.5 Å². The van der Waals surface area contributed by atoms with Crippen molar-refractivity contribution in [2.24, 2.45) is 0 Å². The van der Waals surface area contributed by atoms with Gasteiger partial charge in [0.25, 0.3) is 0 Å². The number of rotatable bonds is 4. The molecule has 0 fully saturated rings. The molecule has 0 N–H and O–H groups in total. The second-order valence-electron chi connectivity index (χ2n) is 4.57. The Hall–Kier alpha value is -0.817. The van der Waals surface area contributed by atoms with Crippen molar-refractivity contribution >= 4 is 0 Å². The Bertz CT molecular complexity index is 348. The third-order valence-corrected chi connectivity index (χ3v) is 2.01. The molecule has 0 spiro atoms. The molecule has 102 valence electrons. The summed E-state index contributed by atoms with van der Waals surface area (Å²) < 4.78 is 10.7. The molecule has 2 aromatic carbocycles. The van der Waals surface area contributed by atoms with Crippen LogP contribution in [0, 0.1) is 0 Å². The Morgan fingerprint density at radius 1 is 0.632 bits per heavy atom. The summed E-state index contributed by atoms with van der Waals surface area (Å²) >= 11 is 0. The zero-order chi connectivity index (χ0) is 13.4. The first-order valence-corrected chi connectivity index (χ1v) is 6.34. The van der Waals surface area contributed by atoms with Crippen molar-refractivity contribution in [1.29, 1.82) is 0 Å². The molecule has 0 radical (unpaired) electrons. The third-order valence-electron chi connectivity index (χ3n) is 2.01. The zero-order valence-electron chi connectivity index (χ0n) is 12.1. The standard InChI is InChI=1S/2C8H11O.Zr/c2*1-7(2)9-8-5-3-4-6-8;/h2*3-7H,1-2H3;/q2*-1;+2. The van der Waals surface area contributed by atoms with Crippen LogP contribution in [-0.2, 0) is 26.2 Å². The van der Waals surface area contributed by atoms with Crippen molar-refractivity contribution in [2.45, 2.75) is 39.9 Å². The van der Waals surface area contributed by atoms with Crippen LogP contribution >= 0.6 is 0 Å². The van der Waals surface area contributed by atoms with E-state index in [1.807, 2.05) is 76.2 Å².